The van der Waals surface area contributed by atoms with Gasteiger partial charge in [0.05, 0.1) is 7.11 Å². The van der Waals surface area contributed by atoms with Crippen molar-refractivity contribution in [2.75, 3.05) is 26.8 Å². The lowest BCUT2D eigenvalue weighted by molar-refractivity contribution is -0.164. The third-order valence-corrected chi connectivity index (χ3v) is 3.06. The second-order valence-electron chi connectivity index (χ2n) is 6.87. The van der Waals surface area contributed by atoms with Gasteiger partial charge in [0.15, 0.2) is 18.1 Å². The summed E-state index contributed by atoms with van der Waals surface area (Å²) in [5, 5.41) is 0. The fourth-order valence-electron chi connectivity index (χ4n) is 2.15. The number of carbonyl (C=O) groups is 1. The van der Waals surface area contributed by atoms with Crippen LogP contribution in [-0.4, -0.2) is 43.8 Å². The second kappa shape index (κ2) is 7.77. The van der Waals surface area contributed by atoms with Crippen molar-refractivity contribution in [3.8, 4) is 11.5 Å². The molecule has 0 spiro atoms. The average molecular weight is 347 g/mol. The van der Waals surface area contributed by atoms with Crippen molar-refractivity contribution in [2.45, 2.75) is 33.9 Å². The maximum atomic E-state index is 12.7. The van der Waals surface area contributed by atoms with E-state index < -0.39 is 30.7 Å². The van der Waals surface area contributed by atoms with Crippen molar-refractivity contribution in [3.63, 3.8) is 0 Å². The van der Waals surface area contributed by atoms with E-state index in [1.165, 1.54) is 7.11 Å². The number of hydrogen-bond donors (Lipinski definition) is 0. The van der Waals surface area contributed by atoms with Gasteiger partial charge < -0.3 is 14.4 Å². The molecule has 1 amide bonds. The standard InChI is InChI=1S/C17H24F3NO3/c1-12-6-7-13(14(8-12)23-5)24-9-15(22)21(10-16(2,3)4)11-17(18,19)20/h6-8H,9-11H2,1-5H3. The monoisotopic (exact) mass is 347 g/mol. The molecular weight excluding hydrogens is 323 g/mol. The normalized spacial score (nSPS) is 12.0. The number of amides is 1. The minimum atomic E-state index is -4.46. The number of carbonyl (C=O) groups excluding carboxylic acids is 1. The van der Waals surface area contributed by atoms with Crippen molar-refractivity contribution >= 4 is 5.91 Å². The van der Waals surface area contributed by atoms with Gasteiger partial charge in [-0.1, -0.05) is 26.8 Å². The van der Waals surface area contributed by atoms with Crippen LogP contribution in [0, 0.1) is 12.3 Å². The van der Waals surface area contributed by atoms with Crippen molar-refractivity contribution in [1.82, 2.24) is 4.90 Å². The topological polar surface area (TPSA) is 38.8 Å². The zero-order valence-electron chi connectivity index (χ0n) is 14.7. The molecule has 0 aliphatic carbocycles. The Morgan fingerprint density at radius 3 is 2.25 bits per heavy atom. The van der Waals surface area contributed by atoms with E-state index in [4.69, 9.17) is 9.47 Å². The zero-order chi connectivity index (χ0) is 18.5. The second-order valence-corrected chi connectivity index (χ2v) is 6.87. The third kappa shape index (κ3) is 7.10. The minimum absolute atomic E-state index is 0.0142. The summed E-state index contributed by atoms with van der Waals surface area (Å²) in [6.45, 7) is 5.39. The summed E-state index contributed by atoms with van der Waals surface area (Å²) in [7, 11) is 1.46. The van der Waals surface area contributed by atoms with Crippen LogP contribution in [0.15, 0.2) is 18.2 Å². The van der Waals surface area contributed by atoms with Crippen LogP contribution in [0.5, 0.6) is 11.5 Å². The van der Waals surface area contributed by atoms with Crippen LogP contribution in [0.4, 0.5) is 13.2 Å². The number of nitrogens with zero attached hydrogens (tertiary/aromatic N) is 1. The van der Waals surface area contributed by atoms with Gasteiger partial charge >= 0.3 is 6.18 Å². The molecule has 0 aliphatic rings. The quantitative estimate of drug-likeness (QED) is 0.785. The van der Waals surface area contributed by atoms with E-state index in [1.807, 2.05) is 6.92 Å². The van der Waals surface area contributed by atoms with Gasteiger partial charge in [-0.15, -0.1) is 0 Å². The largest absolute Gasteiger partial charge is 0.493 e. The molecule has 0 fully saturated rings. The lowest BCUT2D eigenvalue weighted by atomic mass is 9.96. The number of alkyl halides is 3. The van der Waals surface area contributed by atoms with Crippen LogP contribution in [0.2, 0.25) is 0 Å². The predicted molar refractivity (Wildman–Crippen MR) is 85.3 cm³/mol. The van der Waals surface area contributed by atoms with Crippen LogP contribution in [-0.2, 0) is 4.79 Å². The molecule has 24 heavy (non-hydrogen) atoms. The van der Waals surface area contributed by atoms with Crippen LogP contribution in [0.3, 0.4) is 0 Å². The number of aryl methyl sites for hydroxylation is 1. The Balaban J connectivity index is 2.81. The Hall–Kier alpha value is -1.92. The highest BCUT2D eigenvalue weighted by Crippen LogP contribution is 2.28. The first-order valence-electron chi connectivity index (χ1n) is 7.53. The molecule has 4 nitrogen and oxygen atoms in total. The Bertz CT molecular complexity index is 549. The van der Waals surface area contributed by atoms with Gasteiger partial charge in [-0.05, 0) is 30.0 Å². The number of ether oxygens (including phenoxy) is 2. The van der Waals surface area contributed by atoms with Gasteiger partial charge in [-0.2, -0.15) is 13.2 Å². The van der Waals surface area contributed by atoms with Gasteiger partial charge in [0.25, 0.3) is 5.91 Å². The van der Waals surface area contributed by atoms with Gasteiger partial charge in [-0.3, -0.25) is 4.79 Å². The summed E-state index contributed by atoms with van der Waals surface area (Å²) in [5.41, 5.74) is 0.486. The third-order valence-electron chi connectivity index (χ3n) is 3.06. The van der Waals surface area contributed by atoms with E-state index in [0.717, 1.165) is 10.5 Å². The molecule has 0 aromatic heterocycles. The maximum Gasteiger partial charge on any atom is 0.406 e. The van der Waals surface area contributed by atoms with E-state index in [9.17, 15) is 18.0 Å². The molecule has 7 heteroatoms. The van der Waals surface area contributed by atoms with Crippen LogP contribution in [0.25, 0.3) is 0 Å². The molecule has 0 saturated heterocycles. The fourth-order valence-corrected chi connectivity index (χ4v) is 2.15. The van der Waals surface area contributed by atoms with Gasteiger partial charge in [0, 0.05) is 6.54 Å². The van der Waals surface area contributed by atoms with E-state index in [-0.39, 0.29) is 6.54 Å². The molecule has 0 aliphatic heterocycles. The van der Waals surface area contributed by atoms with Crippen molar-refractivity contribution < 1.29 is 27.4 Å². The number of methoxy groups -OCH3 is 1. The lowest BCUT2D eigenvalue weighted by Crippen LogP contribution is -2.45. The van der Waals surface area contributed by atoms with Gasteiger partial charge in [0.1, 0.15) is 6.54 Å². The summed E-state index contributed by atoms with van der Waals surface area (Å²) >= 11 is 0. The molecule has 1 aromatic carbocycles. The molecule has 0 heterocycles. The molecule has 0 N–H and O–H groups in total. The molecule has 0 atom stereocenters. The molecule has 1 rings (SSSR count). The van der Waals surface area contributed by atoms with Crippen LogP contribution in [0.1, 0.15) is 26.3 Å². The van der Waals surface area contributed by atoms with Crippen molar-refractivity contribution in [3.05, 3.63) is 23.8 Å². The minimum Gasteiger partial charge on any atom is -0.493 e. The number of rotatable bonds is 6. The maximum absolute atomic E-state index is 12.7. The van der Waals surface area contributed by atoms with Crippen molar-refractivity contribution in [2.24, 2.45) is 5.41 Å². The number of benzene rings is 1. The average Bonchev–Trinajstić information content (AvgIpc) is 2.41. The first-order valence-corrected chi connectivity index (χ1v) is 7.53. The molecule has 0 unspecified atom stereocenters. The highest BCUT2D eigenvalue weighted by atomic mass is 19.4. The van der Waals surface area contributed by atoms with E-state index >= 15 is 0 Å². The van der Waals surface area contributed by atoms with Gasteiger partial charge in [-0.25, -0.2) is 0 Å². The SMILES string of the molecule is COc1cc(C)ccc1OCC(=O)N(CC(C)(C)C)CC(F)(F)F. The molecule has 1 aromatic rings. The van der Waals surface area contributed by atoms with E-state index in [2.05, 4.69) is 0 Å². The Morgan fingerprint density at radius 1 is 1.12 bits per heavy atom. The predicted octanol–water partition coefficient (Wildman–Crippen LogP) is 3.82. The van der Waals surface area contributed by atoms with Gasteiger partial charge in [0.2, 0.25) is 0 Å². The number of hydrogen-bond acceptors (Lipinski definition) is 3. The van der Waals surface area contributed by atoms with Crippen molar-refractivity contribution in [1.29, 1.82) is 0 Å². The Morgan fingerprint density at radius 2 is 1.75 bits per heavy atom. The highest BCUT2D eigenvalue weighted by molar-refractivity contribution is 5.78. The molecular formula is C17H24F3NO3. The van der Waals surface area contributed by atoms with E-state index in [0.29, 0.717) is 11.5 Å². The van der Waals surface area contributed by atoms with Crippen LogP contribution >= 0.6 is 0 Å². The van der Waals surface area contributed by atoms with Crippen LogP contribution < -0.4 is 9.47 Å². The summed E-state index contributed by atoms with van der Waals surface area (Å²) in [4.78, 5) is 13.0. The zero-order valence-corrected chi connectivity index (χ0v) is 14.7. The first-order chi connectivity index (χ1) is 10.9. The lowest BCUT2D eigenvalue weighted by Gasteiger charge is -2.30. The summed E-state index contributed by atoms with van der Waals surface area (Å²) in [5.74, 6) is 0.0324. The summed E-state index contributed by atoms with van der Waals surface area (Å²) in [6, 6.07) is 5.12. The number of halogens is 3. The fraction of sp³-hybridized carbons (Fsp3) is 0.588. The smallest absolute Gasteiger partial charge is 0.406 e. The Kier molecular flexibility index (Phi) is 6.51. The first kappa shape index (κ1) is 20.1. The highest BCUT2D eigenvalue weighted by Gasteiger charge is 2.34. The summed E-state index contributed by atoms with van der Waals surface area (Å²) < 4.78 is 48.7. The molecule has 0 saturated carbocycles. The molecule has 136 valence electrons. The molecule has 0 radical (unpaired) electrons. The molecule has 0 bridgehead atoms. The summed E-state index contributed by atoms with van der Waals surface area (Å²) in [6.07, 6.45) is -4.46. The Labute approximate surface area is 140 Å². The van der Waals surface area contributed by atoms with E-state index in [1.54, 1.807) is 39.0 Å².